The van der Waals surface area contributed by atoms with Crippen molar-refractivity contribution in [1.29, 1.82) is 0 Å². The van der Waals surface area contributed by atoms with Crippen LogP contribution in [0.15, 0.2) is 0 Å². The Labute approximate surface area is 82.8 Å². The number of amides is 1. The summed E-state index contributed by atoms with van der Waals surface area (Å²) in [4.78, 5) is 22.3. The van der Waals surface area contributed by atoms with E-state index >= 15 is 0 Å². The van der Waals surface area contributed by atoms with Crippen LogP contribution in [0.4, 0.5) is 4.79 Å². The molecule has 0 aromatic rings. The van der Waals surface area contributed by atoms with Crippen LogP contribution >= 0.6 is 0 Å². The topological polar surface area (TPSA) is 64.6 Å². The van der Waals surface area contributed by atoms with Gasteiger partial charge in [-0.1, -0.05) is 13.8 Å². The maximum atomic E-state index is 11.4. The van der Waals surface area contributed by atoms with Gasteiger partial charge in [0.2, 0.25) is 0 Å². The Bertz CT molecular complexity index is 239. The number of rotatable bonds is 3. The van der Waals surface area contributed by atoms with Gasteiger partial charge in [0.1, 0.15) is 6.10 Å². The van der Waals surface area contributed by atoms with Crippen molar-refractivity contribution in [3.05, 3.63) is 0 Å². The molecule has 0 aromatic carbocycles. The fourth-order valence-electron chi connectivity index (χ4n) is 1.38. The first-order chi connectivity index (χ1) is 6.56. The highest BCUT2D eigenvalue weighted by atomic mass is 16.6. The van der Waals surface area contributed by atoms with Crippen molar-refractivity contribution in [1.82, 2.24) is 5.32 Å². The van der Waals surface area contributed by atoms with Gasteiger partial charge in [-0.3, -0.25) is 0 Å². The van der Waals surface area contributed by atoms with Crippen LogP contribution in [-0.4, -0.2) is 30.8 Å². The molecule has 0 radical (unpaired) electrons. The molecule has 5 heteroatoms. The van der Waals surface area contributed by atoms with Crippen LogP contribution in [0.3, 0.4) is 0 Å². The lowest BCUT2D eigenvalue weighted by Gasteiger charge is -2.18. The first kappa shape index (κ1) is 10.8. The number of carbonyl (C=O) groups excluding carboxylic acids is 2. The molecule has 1 amide bonds. The Balaban J connectivity index is 2.66. The molecule has 5 nitrogen and oxygen atoms in total. The minimum Gasteiger partial charge on any atom is -0.464 e. The minimum absolute atomic E-state index is 0.0864. The molecule has 1 fully saturated rings. The quantitative estimate of drug-likeness (QED) is 0.682. The highest BCUT2D eigenvalue weighted by Gasteiger charge is 2.41. The Morgan fingerprint density at radius 2 is 2.29 bits per heavy atom. The largest absolute Gasteiger partial charge is 0.464 e. The average molecular weight is 201 g/mol. The normalized spacial score (nSPS) is 25.9. The first-order valence-corrected chi connectivity index (χ1v) is 4.70. The molecule has 0 bridgehead atoms. The van der Waals surface area contributed by atoms with Crippen molar-refractivity contribution in [2.45, 2.75) is 32.9 Å². The van der Waals surface area contributed by atoms with Gasteiger partial charge in [0.05, 0.1) is 6.61 Å². The van der Waals surface area contributed by atoms with E-state index in [-0.39, 0.29) is 5.92 Å². The number of ether oxygens (including phenoxy) is 2. The molecule has 80 valence electrons. The zero-order chi connectivity index (χ0) is 10.7. The summed E-state index contributed by atoms with van der Waals surface area (Å²) >= 11 is 0. The molecule has 1 rings (SSSR count). The van der Waals surface area contributed by atoms with E-state index in [1.54, 1.807) is 6.92 Å². The average Bonchev–Trinajstić information content (AvgIpc) is 2.48. The maximum absolute atomic E-state index is 11.4. The molecule has 1 N–H and O–H groups in total. The molecule has 1 aliphatic heterocycles. The zero-order valence-corrected chi connectivity index (χ0v) is 8.57. The second-order valence-corrected chi connectivity index (χ2v) is 3.49. The van der Waals surface area contributed by atoms with E-state index in [4.69, 9.17) is 9.47 Å². The van der Waals surface area contributed by atoms with Gasteiger partial charge in [-0.05, 0) is 12.8 Å². The summed E-state index contributed by atoms with van der Waals surface area (Å²) in [6.45, 7) is 5.80. The first-order valence-electron chi connectivity index (χ1n) is 4.70. The van der Waals surface area contributed by atoms with Gasteiger partial charge in [0.25, 0.3) is 0 Å². The number of hydrogen-bond acceptors (Lipinski definition) is 4. The molecule has 0 aromatic heterocycles. The lowest BCUT2D eigenvalue weighted by molar-refractivity contribution is -0.147. The van der Waals surface area contributed by atoms with Crippen LogP contribution in [0.2, 0.25) is 0 Å². The summed E-state index contributed by atoms with van der Waals surface area (Å²) in [5.41, 5.74) is 0. The number of nitrogens with one attached hydrogen (secondary N) is 1. The van der Waals surface area contributed by atoms with Crippen LogP contribution in [0, 0.1) is 5.92 Å². The van der Waals surface area contributed by atoms with Gasteiger partial charge in [0.15, 0.2) is 6.04 Å². The van der Waals surface area contributed by atoms with Crippen LogP contribution in [-0.2, 0) is 14.3 Å². The third kappa shape index (κ3) is 2.16. The molecule has 2 atom stereocenters. The fourth-order valence-corrected chi connectivity index (χ4v) is 1.38. The molecule has 0 saturated carbocycles. The molecule has 1 saturated heterocycles. The predicted octanol–water partition coefficient (Wildman–Crippen LogP) is 0.682. The van der Waals surface area contributed by atoms with Gasteiger partial charge >= 0.3 is 12.1 Å². The van der Waals surface area contributed by atoms with Crippen LogP contribution in [0.25, 0.3) is 0 Å². The van der Waals surface area contributed by atoms with E-state index in [9.17, 15) is 9.59 Å². The highest BCUT2D eigenvalue weighted by Crippen LogP contribution is 2.18. The Hall–Kier alpha value is -1.26. The van der Waals surface area contributed by atoms with Gasteiger partial charge in [-0.15, -0.1) is 0 Å². The molecule has 2 unspecified atom stereocenters. The van der Waals surface area contributed by atoms with Crippen LogP contribution < -0.4 is 5.32 Å². The Morgan fingerprint density at radius 1 is 1.64 bits per heavy atom. The number of esters is 1. The lowest BCUT2D eigenvalue weighted by Crippen LogP contribution is -2.42. The summed E-state index contributed by atoms with van der Waals surface area (Å²) in [5.74, 6) is -0.347. The number of carbonyl (C=O) groups is 2. The summed E-state index contributed by atoms with van der Waals surface area (Å²) in [5, 5.41) is 2.43. The van der Waals surface area contributed by atoms with Crippen molar-refractivity contribution in [3.63, 3.8) is 0 Å². The SMILES string of the molecule is CCOC(=O)C1NC(=O)OC1C(C)C. The molecule has 1 aliphatic rings. The third-order valence-electron chi connectivity index (χ3n) is 2.04. The van der Waals surface area contributed by atoms with E-state index in [0.29, 0.717) is 6.61 Å². The molecule has 1 heterocycles. The van der Waals surface area contributed by atoms with E-state index in [0.717, 1.165) is 0 Å². The predicted molar refractivity (Wildman–Crippen MR) is 48.7 cm³/mol. The highest BCUT2D eigenvalue weighted by molar-refractivity contribution is 5.84. The van der Waals surface area contributed by atoms with Crippen molar-refractivity contribution in [3.8, 4) is 0 Å². The molecule has 0 aliphatic carbocycles. The minimum atomic E-state index is -0.664. The van der Waals surface area contributed by atoms with E-state index < -0.39 is 24.2 Å². The molecular formula is C9H15NO4. The smallest absolute Gasteiger partial charge is 0.408 e. The monoisotopic (exact) mass is 201 g/mol. The van der Waals surface area contributed by atoms with Crippen molar-refractivity contribution < 1.29 is 19.1 Å². The summed E-state index contributed by atoms with van der Waals surface area (Å²) in [6.07, 6.45) is -0.983. The summed E-state index contributed by atoms with van der Waals surface area (Å²) in [6, 6.07) is -0.664. The van der Waals surface area contributed by atoms with E-state index in [1.165, 1.54) is 0 Å². The van der Waals surface area contributed by atoms with Gasteiger partial charge in [-0.25, -0.2) is 9.59 Å². The van der Waals surface area contributed by atoms with Gasteiger partial charge < -0.3 is 14.8 Å². The van der Waals surface area contributed by atoms with Gasteiger partial charge in [0, 0.05) is 0 Å². The fraction of sp³-hybridized carbons (Fsp3) is 0.778. The number of alkyl carbamates (subject to hydrolysis) is 1. The molecular weight excluding hydrogens is 186 g/mol. The van der Waals surface area contributed by atoms with E-state index in [1.807, 2.05) is 13.8 Å². The van der Waals surface area contributed by atoms with Gasteiger partial charge in [-0.2, -0.15) is 0 Å². The van der Waals surface area contributed by atoms with Crippen molar-refractivity contribution in [2.24, 2.45) is 5.92 Å². The Morgan fingerprint density at radius 3 is 2.79 bits per heavy atom. The second kappa shape index (κ2) is 4.30. The lowest BCUT2D eigenvalue weighted by atomic mass is 10.0. The number of cyclic esters (lactones) is 1. The van der Waals surface area contributed by atoms with Crippen molar-refractivity contribution in [2.75, 3.05) is 6.61 Å². The third-order valence-corrected chi connectivity index (χ3v) is 2.04. The maximum Gasteiger partial charge on any atom is 0.408 e. The Kier molecular flexibility index (Phi) is 3.33. The van der Waals surface area contributed by atoms with E-state index in [2.05, 4.69) is 5.32 Å². The van der Waals surface area contributed by atoms with Crippen LogP contribution in [0.5, 0.6) is 0 Å². The molecule has 0 spiro atoms. The second-order valence-electron chi connectivity index (χ2n) is 3.49. The van der Waals surface area contributed by atoms with Crippen LogP contribution in [0.1, 0.15) is 20.8 Å². The zero-order valence-electron chi connectivity index (χ0n) is 8.57. The molecule has 14 heavy (non-hydrogen) atoms. The number of hydrogen-bond donors (Lipinski definition) is 1. The summed E-state index contributed by atoms with van der Waals surface area (Å²) in [7, 11) is 0. The van der Waals surface area contributed by atoms with Crippen molar-refractivity contribution >= 4 is 12.1 Å². The standard InChI is InChI=1S/C9H15NO4/c1-4-13-8(11)6-7(5(2)3)14-9(12)10-6/h5-7H,4H2,1-3H3,(H,10,12). The summed E-state index contributed by atoms with van der Waals surface area (Å²) < 4.78 is 9.77.